The zero-order valence-electron chi connectivity index (χ0n) is 14.1. The number of nitrogens with zero attached hydrogens (tertiary/aromatic N) is 4. The molecule has 2 aliphatic rings. The lowest BCUT2D eigenvalue weighted by atomic mass is 10.1. The Morgan fingerprint density at radius 2 is 2.32 bits per heavy atom. The van der Waals surface area contributed by atoms with E-state index >= 15 is 0 Å². The first-order chi connectivity index (χ1) is 12.0. The Hall–Kier alpha value is -2.66. The van der Waals surface area contributed by atoms with Gasteiger partial charge in [-0.25, -0.2) is 4.39 Å². The normalized spacial score (nSPS) is 23.8. The number of amides is 1. The molecule has 25 heavy (non-hydrogen) atoms. The van der Waals surface area contributed by atoms with Gasteiger partial charge < -0.3 is 10.6 Å². The van der Waals surface area contributed by atoms with Gasteiger partial charge in [0, 0.05) is 19.1 Å². The predicted octanol–water partition coefficient (Wildman–Crippen LogP) is 0.712. The average Bonchev–Trinajstić information content (AvgIpc) is 2.59. The fourth-order valence-electron chi connectivity index (χ4n) is 3.08. The highest BCUT2D eigenvalue weighted by Gasteiger charge is 2.31. The van der Waals surface area contributed by atoms with E-state index in [1.807, 2.05) is 11.0 Å². The molecule has 3 N–H and O–H groups in total. The molecule has 1 aromatic carbocycles. The fraction of sp³-hybridized carbons (Fsp3) is 0.471. The number of benzene rings is 1. The van der Waals surface area contributed by atoms with E-state index < -0.39 is 11.9 Å². The topological polar surface area (TPSA) is 97.8 Å². The van der Waals surface area contributed by atoms with Crippen molar-refractivity contribution >= 4 is 11.9 Å². The Morgan fingerprint density at radius 1 is 1.52 bits per heavy atom. The van der Waals surface area contributed by atoms with Crippen LogP contribution in [0.25, 0.3) is 0 Å². The molecule has 0 bridgehead atoms. The summed E-state index contributed by atoms with van der Waals surface area (Å²) in [6.07, 6.45) is 1.89. The van der Waals surface area contributed by atoms with E-state index in [2.05, 4.69) is 10.4 Å². The molecule has 0 aromatic heterocycles. The van der Waals surface area contributed by atoms with E-state index in [0.717, 1.165) is 19.4 Å². The van der Waals surface area contributed by atoms with Gasteiger partial charge in [0.2, 0.25) is 5.96 Å². The van der Waals surface area contributed by atoms with Crippen LogP contribution in [0.4, 0.5) is 4.39 Å². The minimum Gasteiger partial charge on any atom is -0.340 e. The third-order valence-corrected chi connectivity index (χ3v) is 4.56. The number of rotatable bonds is 2. The van der Waals surface area contributed by atoms with Crippen molar-refractivity contribution in [3.8, 4) is 6.07 Å². The molecule has 1 fully saturated rings. The SMILES string of the molecule is C[C@@H]1C(=O)NC(N2CCCC(N)C2)=NN1Cc1cc(F)ccc1C#N. The van der Waals surface area contributed by atoms with Crippen molar-refractivity contribution in [3.05, 3.63) is 35.1 Å². The van der Waals surface area contributed by atoms with Crippen LogP contribution in [0.1, 0.15) is 30.9 Å². The van der Waals surface area contributed by atoms with Crippen LogP contribution in [-0.4, -0.2) is 46.9 Å². The number of hydrogen-bond donors (Lipinski definition) is 2. The summed E-state index contributed by atoms with van der Waals surface area (Å²) in [4.78, 5) is 14.3. The van der Waals surface area contributed by atoms with Crippen LogP contribution in [-0.2, 0) is 11.3 Å². The van der Waals surface area contributed by atoms with Crippen molar-refractivity contribution in [2.75, 3.05) is 13.1 Å². The summed E-state index contributed by atoms with van der Waals surface area (Å²) >= 11 is 0. The maximum absolute atomic E-state index is 13.6. The van der Waals surface area contributed by atoms with Crippen LogP contribution >= 0.6 is 0 Å². The monoisotopic (exact) mass is 344 g/mol. The molecule has 2 heterocycles. The summed E-state index contributed by atoms with van der Waals surface area (Å²) in [5, 5.41) is 18.1. The van der Waals surface area contributed by atoms with Gasteiger partial charge in [0.15, 0.2) is 0 Å². The van der Waals surface area contributed by atoms with E-state index in [9.17, 15) is 14.4 Å². The summed E-state index contributed by atoms with van der Waals surface area (Å²) in [7, 11) is 0. The molecule has 2 atom stereocenters. The smallest absolute Gasteiger partial charge is 0.250 e. The van der Waals surface area contributed by atoms with E-state index in [4.69, 9.17) is 5.73 Å². The molecule has 1 saturated heterocycles. The summed E-state index contributed by atoms with van der Waals surface area (Å²) in [5.74, 6) is -0.137. The maximum atomic E-state index is 13.6. The van der Waals surface area contributed by atoms with Gasteiger partial charge in [0.05, 0.1) is 18.2 Å². The van der Waals surface area contributed by atoms with Gasteiger partial charge in [-0.05, 0) is 43.5 Å². The first kappa shape index (κ1) is 17.2. The zero-order chi connectivity index (χ0) is 18.0. The Labute approximate surface area is 145 Å². The van der Waals surface area contributed by atoms with Gasteiger partial charge in [0.25, 0.3) is 5.91 Å². The molecule has 0 saturated carbocycles. The molecule has 1 aromatic rings. The molecule has 132 valence electrons. The Morgan fingerprint density at radius 3 is 3.04 bits per heavy atom. The number of carbonyl (C=O) groups excluding carboxylic acids is 1. The minimum absolute atomic E-state index is 0.0505. The van der Waals surface area contributed by atoms with Gasteiger partial charge >= 0.3 is 0 Å². The standard InChI is InChI=1S/C17H21FN6O/c1-11-16(25)21-17(23-6-2-3-15(20)10-23)22-24(11)9-13-7-14(18)5-4-12(13)8-19/h4-5,7,11,15H,2-3,6,9-10,20H2,1H3,(H,21,22,25)/t11-,15?/m1/s1. The molecule has 1 unspecified atom stereocenters. The Bertz CT molecular complexity index is 743. The highest BCUT2D eigenvalue weighted by molar-refractivity contribution is 6.00. The number of nitrogens with one attached hydrogen (secondary N) is 1. The van der Waals surface area contributed by atoms with Gasteiger partial charge in [0.1, 0.15) is 11.9 Å². The van der Waals surface area contributed by atoms with Crippen LogP contribution < -0.4 is 11.1 Å². The maximum Gasteiger partial charge on any atom is 0.250 e. The summed E-state index contributed by atoms with van der Waals surface area (Å²) in [6.45, 7) is 3.31. The number of hydrazone groups is 1. The van der Waals surface area contributed by atoms with Crippen molar-refractivity contribution in [3.63, 3.8) is 0 Å². The number of nitriles is 1. The zero-order valence-corrected chi connectivity index (χ0v) is 14.1. The summed E-state index contributed by atoms with van der Waals surface area (Å²) < 4.78 is 13.6. The largest absolute Gasteiger partial charge is 0.340 e. The van der Waals surface area contributed by atoms with Gasteiger partial charge in [-0.3, -0.25) is 15.1 Å². The average molecular weight is 344 g/mol. The third kappa shape index (κ3) is 3.72. The van der Waals surface area contributed by atoms with E-state index in [0.29, 0.717) is 23.6 Å². The number of hydrogen-bond acceptors (Lipinski definition) is 6. The highest BCUT2D eigenvalue weighted by atomic mass is 19.1. The minimum atomic E-state index is -0.517. The molecular weight excluding hydrogens is 323 g/mol. The number of piperidine rings is 1. The van der Waals surface area contributed by atoms with Crippen molar-refractivity contribution in [1.82, 2.24) is 15.2 Å². The summed E-state index contributed by atoms with van der Waals surface area (Å²) in [6, 6.07) is 5.58. The van der Waals surface area contributed by atoms with E-state index in [1.54, 1.807) is 11.9 Å². The second-order valence-electron chi connectivity index (χ2n) is 6.45. The van der Waals surface area contributed by atoms with Crippen LogP contribution in [0.2, 0.25) is 0 Å². The molecule has 1 amide bonds. The lowest BCUT2D eigenvalue weighted by Crippen LogP contribution is -2.58. The van der Waals surface area contributed by atoms with Crippen LogP contribution in [0.5, 0.6) is 0 Å². The molecule has 0 radical (unpaired) electrons. The fourth-order valence-corrected chi connectivity index (χ4v) is 3.08. The second kappa shape index (κ2) is 7.07. The predicted molar refractivity (Wildman–Crippen MR) is 90.5 cm³/mol. The molecule has 8 heteroatoms. The molecule has 0 aliphatic carbocycles. The molecule has 2 aliphatic heterocycles. The first-order valence-electron chi connectivity index (χ1n) is 8.33. The van der Waals surface area contributed by atoms with Crippen molar-refractivity contribution in [2.45, 2.75) is 38.4 Å². The first-order valence-corrected chi connectivity index (χ1v) is 8.33. The van der Waals surface area contributed by atoms with E-state index in [1.165, 1.54) is 18.2 Å². The third-order valence-electron chi connectivity index (χ3n) is 4.56. The number of likely N-dealkylation sites (tertiary alicyclic amines) is 1. The Balaban J connectivity index is 1.86. The summed E-state index contributed by atoms with van der Waals surface area (Å²) in [5.41, 5.74) is 6.88. The Kier molecular flexibility index (Phi) is 4.86. The van der Waals surface area contributed by atoms with Gasteiger partial charge in [-0.1, -0.05) is 0 Å². The van der Waals surface area contributed by atoms with Crippen LogP contribution in [0, 0.1) is 17.1 Å². The quantitative estimate of drug-likeness (QED) is 0.823. The van der Waals surface area contributed by atoms with Gasteiger partial charge in [-0.15, -0.1) is 5.10 Å². The van der Waals surface area contributed by atoms with Crippen LogP contribution in [0.15, 0.2) is 23.3 Å². The van der Waals surface area contributed by atoms with Gasteiger partial charge in [-0.2, -0.15) is 5.26 Å². The second-order valence-corrected chi connectivity index (χ2v) is 6.45. The van der Waals surface area contributed by atoms with Crippen LogP contribution in [0.3, 0.4) is 0 Å². The van der Waals surface area contributed by atoms with E-state index in [-0.39, 0.29) is 18.5 Å². The molecule has 3 rings (SSSR count). The highest BCUT2D eigenvalue weighted by Crippen LogP contribution is 2.18. The number of guanidine groups is 1. The van der Waals surface area contributed by atoms with Crippen molar-refractivity contribution < 1.29 is 9.18 Å². The molecule has 0 spiro atoms. The number of nitrogens with two attached hydrogens (primary N) is 1. The molecule has 7 nitrogen and oxygen atoms in total. The van der Waals surface area contributed by atoms with Crippen molar-refractivity contribution in [2.24, 2.45) is 10.8 Å². The lowest BCUT2D eigenvalue weighted by molar-refractivity contribution is -0.126. The number of carbonyl (C=O) groups is 1. The lowest BCUT2D eigenvalue weighted by Gasteiger charge is -2.38. The molecular formula is C17H21FN6O. The number of halogens is 1. The van der Waals surface area contributed by atoms with Crippen molar-refractivity contribution in [1.29, 1.82) is 5.26 Å².